The number of nitrogens with one attached hydrogen (secondary N) is 1. The molecule has 0 bridgehead atoms. The molecule has 1 rings (SSSR count). The van der Waals surface area contributed by atoms with Gasteiger partial charge in [0.2, 0.25) is 5.91 Å². The van der Waals surface area contributed by atoms with E-state index < -0.39 is 6.10 Å². The van der Waals surface area contributed by atoms with Crippen LogP contribution in [0.4, 0.5) is 0 Å². The molecule has 5 heteroatoms. The summed E-state index contributed by atoms with van der Waals surface area (Å²) in [7, 11) is 0. The van der Waals surface area contributed by atoms with Crippen LogP contribution in [0.3, 0.4) is 0 Å². The molecule has 0 aromatic heterocycles. The second-order valence-electron chi connectivity index (χ2n) is 6.08. The van der Waals surface area contributed by atoms with Gasteiger partial charge in [0.05, 0.1) is 5.54 Å². The maximum absolute atomic E-state index is 12.0. The Morgan fingerprint density at radius 3 is 2.42 bits per heavy atom. The Balaban J connectivity index is 0.00000324. The Labute approximate surface area is 123 Å². The standard InChI is InChI=1S/C14H28N2O2.ClH/c1-10(2)7-8-18-11(3)13(17)16-14(4,9-15)12-5-6-12;/h10-12H,5-9,15H2,1-4H3,(H,16,17);1H. The Morgan fingerprint density at radius 1 is 1.42 bits per heavy atom. The molecule has 1 saturated carbocycles. The summed E-state index contributed by atoms with van der Waals surface area (Å²) in [5, 5.41) is 3.05. The van der Waals surface area contributed by atoms with E-state index in [4.69, 9.17) is 10.5 Å². The molecule has 114 valence electrons. The predicted molar refractivity (Wildman–Crippen MR) is 80.4 cm³/mol. The molecule has 3 N–H and O–H groups in total. The van der Waals surface area contributed by atoms with E-state index in [1.54, 1.807) is 6.92 Å². The number of carbonyl (C=O) groups is 1. The van der Waals surface area contributed by atoms with Gasteiger partial charge < -0.3 is 15.8 Å². The summed E-state index contributed by atoms with van der Waals surface area (Å²) in [6, 6.07) is 0. The largest absolute Gasteiger partial charge is 0.369 e. The molecule has 0 spiro atoms. The lowest BCUT2D eigenvalue weighted by Gasteiger charge is -2.30. The number of rotatable bonds is 8. The Hall–Kier alpha value is -0.320. The smallest absolute Gasteiger partial charge is 0.249 e. The van der Waals surface area contributed by atoms with Gasteiger partial charge in [-0.25, -0.2) is 0 Å². The molecule has 0 radical (unpaired) electrons. The number of hydrogen-bond acceptors (Lipinski definition) is 3. The van der Waals surface area contributed by atoms with Crippen LogP contribution in [0.15, 0.2) is 0 Å². The first kappa shape index (κ1) is 18.7. The van der Waals surface area contributed by atoms with Gasteiger partial charge in [0.25, 0.3) is 0 Å². The van der Waals surface area contributed by atoms with Crippen molar-refractivity contribution < 1.29 is 9.53 Å². The molecule has 1 aliphatic rings. The lowest BCUT2D eigenvalue weighted by Crippen LogP contribution is -2.55. The summed E-state index contributed by atoms with van der Waals surface area (Å²) >= 11 is 0. The topological polar surface area (TPSA) is 64.3 Å². The van der Waals surface area contributed by atoms with E-state index in [1.165, 1.54) is 0 Å². The fraction of sp³-hybridized carbons (Fsp3) is 0.929. The molecule has 0 aromatic carbocycles. The van der Waals surface area contributed by atoms with Crippen LogP contribution in [0.5, 0.6) is 0 Å². The van der Waals surface area contributed by atoms with Crippen LogP contribution in [0.1, 0.15) is 47.0 Å². The SMILES string of the molecule is CC(C)CCOC(C)C(=O)NC(C)(CN)C1CC1.Cl. The molecule has 4 nitrogen and oxygen atoms in total. The summed E-state index contributed by atoms with van der Waals surface area (Å²) < 4.78 is 5.55. The van der Waals surface area contributed by atoms with Crippen LogP contribution in [-0.2, 0) is 9.53 Å². The Kier molecular flexibility index (Phi) is 7.94. The number of amides is 1. The van der Waals surface area contributed by atoms with Gasteiger partial charge in [0.15, 0.2) is 0 Å². The monoisotopic (exact) mass is 292 g/mol. The van der Waals surface area contributed by atoms with Crippen molar-refractivity contribution >= 4 is 18.3 Å². The minimum Gasteiger partial charge on any atom is -0.369 e. The molecular weight excluding hydrogens is 264 g/mol. The van der Waals surface area contributed by atoms with Crippen LogP contribution >= 0.6 is 12.4 Å². The molecule has 1 aliphatic carbocycles. The van der Waals surface area contributed by atoms with Crippen LogP contribution in [0, 0.1) is 11.8 Å². The first-order valence-electron chi connectivity index (χ1n) is 7.02. The molecular formula is C14H29ClN2O2. The third-order valence-corrected chi connectivity index (χ3v) is 3.74. The Bertz CT molecular complexity index is 283. The van der Waals surface area contributed by atoms with E-state index >= 15 is 0 Å². The zero-order valence-electron chi connectivity index (χ0n) is 12.6. The number of ether oxygens (including phenoxy) is 1. The average molecular weight is 293 g/mol. The summed E-state index contributed by atoms with van der Waals surface area (Å²) in [6.07, 6.45) is 2.91. The van der Waals surface area contributed by atoms with Crippen molar-refractivity contribution in [2.24, 2.45) is 17.6 Å². The minimum absolute atomic E-state index is 0. The molecule has 0 aromatic rings. The normalized spacial score (nSPS) is 19.5. The number of carbonyl (C=O) groups excluding carboxylic acids is 1. The number of nitrogens with two attached hydrogens (primary N) is 1. The molecule has 2 atom stereocenters. The molecule has 0 heterocycles. The molecule has 19 heavy (non-hydrogen) atoms. The van der Waals surface area contributed by atoms with E-state index in [-0.39, 0.29) is 23.9 Å². The average Bonchev–Trinajstić information content (AvgIpc) is 3.12. The molecule has 2 unspecified atom stereocenters. The molecule has 0 aliphatic heterocycles. The lowest BCUT2D eigenvalue weighted by molar-refractivity contribution is -0.134. The molecule has 1 fully saturated rings. The molecule has 1 amide bonds. The van der Waals surface area contributed by atoms with Gasteiger partial charge in [0.1, 0.15) is 6.10 Å². The highest BCUT2D eigenvalue weighted by molar-refractivity contribution is 5.85. The fourth-order valence-corrected chi connectivity index (χ4v) is 1.98. The Morgan fingerprint density at radius 2 is 2.00 bits per heavy atom. The lowest BCUT2D eigenvalue weighted by atomic mass is 9.95. The first-order chi connectivity index (χ1) is 8.39. The van der Waals surface area contributed by atoms with Crippen molar-refractivity contribution in [1.82, 2.24) is 5.32 Å². The van der Waals surface area contributed by atoms with E-state index in [1.807, 2.05) is 6.92 Å². The molecule has 0 saturated heterocycles. The summed E-state index contributed by atoms with van der Waals surface area (Å²) in [6.45, 7) is 9.25. The third-order valence-electron chi connectivity index (χ3n) is 3.74. The van der Waals surface area contributed by atoms with Crippen LogP contribution in [0.25, 0.3) is 0 Å². The van der Waals surface area contributed by atoms with Gasteiger partial charge in [-0.05, 0) is 44.9 Å². The second kappa shape index (κ2) is 8.08. The summed E-state index contributed by atoms with van der Waals surface area (Å²) in [5.41, 5.74) is 5.52. The van der Waals surface area contributed by atoms with Crippen molar-refractivity contribution in [1.29, 1.82) is 0 Å². The zero-order valence-corrected chi connectivity index (χ0v) is 13.4. The van der Waals surface area contributed by atoms with E-state index in [0.717, 1.165) is 19.3 Å². The number of hydrogen-bond donors (Lipinski definition) is 2. The van der Waals surface area contributed by atoms with Gasteiger partial charge in [0, 0.05) is 13.2 Å². The van der Waals surface area contributed by atoms with Gasteiger partial charge in [-0.1, -0.05) is 13.8 Å². The maximum Gasteiger partial charge on any atom is 0.249 e. The quantitative estimate of drug-likeness (QED) is 0.720. The van der Waals surface area contributed by atoms with Crippen molar-refractivity contribution in [2.45, 2.75) is 58.6 Å². The van der Waals surface area contributed by atoms with Crippen molar-refractivity contribution in [3.05, 3.63) is 0 Å². The van der Waals surface area contributed by atoms with Gasteiger partial charge in [-0.15, -0.1) is 12.4 Å². The summed E-state index contributed by atoms with van der Waals surface area (Å²) in [5.74, 6) is 1.09. The van der Waals surface area contributed by atoms with Crippen LogP contribution in [0.2, 0.25) is 0 Å². The number of halogens is 1. The third kappa shape index (κ3) is 6.11. The van der Waals surface area contributed by atoms with E-state index in [2.05, 4.69) is 19.2 Å². The summed E-state index contributed by atoms with van der Waals surface area (Å²) in [4.78, 5) is 12.0. The van der Waals surface area contributed by atoms with E-state index in [9.17, 15) is 4.79 Å². The maximum atomic E-state index is 12.0. The van der Waals surface area contributed by atoms with Gasteiger partial charge in [-0.3, -0.25) is 4.79 Å². The zero-order chi connectivity index (χ0) is 13.8. The van der Waals surface area contributed by atoms with Crippen molar-refractivity contribution in [3.63, 3.8) is 0 Å². The predicted octanol–water partition coefficient (Wildman–Crippen LogP) is 2.10. The highest BCUT2D eigenvalue weighted by Gasteiger charge is 2.42. The van der Waals surface area contributed by atoms with Crippen LogP contribution in [-0.4, -0.2) is 30.7 Å². The van der Waals surface area contributed by atoms with Crippen molar-refractivity contribution in [2.75, 3.05) is 13.2 Å². The second-order valence-corrected chi connectivity index (χ2v) is 6.08. The van der Waals surface area contributed by atoms with E-state index in [0.29, 0.717) is 25.0 Å². The highest BCUT2D eigenvalue weighted by Crippen LogP contribution is 2.38. The minimum atomic E-state index is -0.395. The highest BCUT2D eigenvalue weighted by atomic mass is 35.5. The van der Waals surface area contributed by atoms with Gasteiger partial charge >= 0.3 is 0 Å². The fourth-order valence-electron chi connectivity index (χ4n) is 1.98. The first-order valence-corrected chi connectivity index (χ1v) is 7.02. The van der Waals surface area contributed by atoms with Crippen molar-refractivity contribution in [3.8, 4) is 0 Å². The van der Waals surface area contributed by atoms with Gasteiger partial charge in [-0.2, -0.15) is 0 Å². The van der Waals surface area contributed by atoms with Crippen LogP contribution < -0.4 is 11.1 Å².